The average molecular weight is 304 g/mol. The molecule has 0 aliphatic carbocycles. The van der Waals surface area contributed by atoms with Crippen molar-refractivity contribution in [3.8, 4) is 0 Å². The number of nitrogen functional groups attached to an aromatic ring is 1. The number of nitrogens with zero attached hydrogens (tertiary/aromatic N) is 3. The fourth-order valence-corrected chi connectivity index (χ4v) is 3.39. The van der Waals surface area contributed by atoms with Gasteiger partial charge in [-0.15, -0.1) is 0 Å². The normalized spacial score (nSPS) is 23.0. The van der Waals surface area contributed by atoms with E-state index in [0.717, 1.165) is 63.3 Å². The number of aryl methyl sites for hydroxylation is 1. The molecule has 22 heavy (non-hydrogen) atoms. The van der Waals surface area contributed by atoms with Gasteiger partial charge in [-0.25, -0.2) is 9.97 Å². The number of carbonyl (C=O) groups is 1. The third-order valence-electron chi connectivity index (χ3n) is 4.54. The minimum atomic E-state index is -0.194. The molecular formula is C16H24N4O2. The lowest BCUT2D eigenvalue weighted by Crippen LogP contribution is -2.44. The van der Waals surface area contributed by atoms with E-state index in [1.165, 1.54) is 0 Å². The van der Waals surface area contributed by atoms with Crippen LogP contribution in [0.25, 0.3) is 0 Å². The Kier molecular flexibility index (Phi) is 4.57. The molecule has 2 aliphatic rings. The topological polar surface area (TPSA) is 81.3 Å². The van der Waals surface area contributed by atoms with Crippen LogP contribution in [0.3, 0.4) is 0 Å². The zero-order valence-corrected chi connectivity index (χ0v) is 13.1. The maximum atomic E-state index is 12.3. The Balaban J connectivity index is 1.52. The summed E-state index contributed by atoms with van der Waals surface area (Å²) in [5.41, 5.74) is 6.79. The molecule has 2 N–H and O–H groups in total. The van der Waals surface area contributed by atoms with Crippen molar-refractivity contribution in [2.75, 3.05) is 25.4 Å². The van der Waals surface area contributed by atoms with E-state index in [2.05, 4.69) is 9.97 Å². The Labute approximate surface area is 131 Å². The van der Waals surface area contributed by atoms with Crippen molar-refractivity contribution < 1.29 is 9.53 Å². The molecule has 120 valence electrons. The number of likely N-dealkylation sites (tertiary alicyclic amines) is 1. The molecule has 1 aromatic rings. The number of piperidine rings is 1. The van der Waals surface area contributed by atoms with Crippen LogP contribution in [0, 0.1) is 12.8 Å². The van der Waals surface area contributed by atoms with Crippen LogP contribution in [0.4, 0.5) is 5.82 Å². The molecule has 1 amide bonds. The summed E-state index contributed by atoms with van der Waals surface area (Å²) in [5, 5.41) is 0. The first-order valence-electron chi connectivity index (χ1n) is 8.12. The van der Waals surface area contributed by atoms with Gasteiger partial charge in [0, 0.05) is 31.5 Å². The van der Waals surface area contributed by atoms with Crippen molar-refractivity contribution in [1.29, 1.82) is 0 Å². The Morgan fingerprint density at radius 1 is 1.36 bits per heavy atom. The molecule has 1 atom stereocenters. The largest absolute Gasteiger partial charge is 0.384 e. The van der Waals surface area contributed by atoms with Crippen LogP contribution in [0.2, 0.25) is 0 Å². The molecule has 6 heteroatoms. The summed E-state index contributed by atoms with van der Waals surface area (Å²) in [4.78, 5) is 22.8. The van der Waals surface area contributed by atoms with E-state index in [-0.39, 0.29) is 12.0 Å². The highest BCUT2D eigenvalue weighted by Gasteiger charge is 2.30. The number of rotatable bonds is 3. The van der Waals surface area contributed by atoms with Crippen LogP contribution in [-0.4, -0.2) is 46.6 Å². The number of hydrogen-bond donors (Lipinski definition) is 1. The smallest absolute Gasteiger partial charge is 0.251 e. The first-order chi connectivity index (χ1) is 10.6. The highest BCUT2D eigenvalue weighted by Crippen LogP contribution is 2.24. The fraction of sp³-hybridized carbons (Fsp3) is 0.688. The summed E-state index contributed by atoms with van der Waals surface area (Å²) in [6, 6.07) is 1.86. The number of aromatic nitrogens is 2. The molecule has 0 bridgehead atoms. The quantitative estimate of drug-likeness (QED) is 0.911. The van der Waals surface area contributed by atoms with Crippen molar-refractivity contribution >= 4 is 11.7 Å². The molecule has 2 aliphatic heterocycles. The summed E-state index contributed by atoms with van der Waals surface area (Å²) < 4.78 is 5.49. The summed E-state index contributed by atoms with van der Waals surface area (Å²) in [6.07, 6.45) is 4.62. The predicted octanol–water partition coefficient (Wildman–Crippen LogP) is 1.33. The van der Waals surface area contributed by atoms with Crippen LogP contribution < -0.4 is 5.73 Å². The lowest BCUT2D eigenvalue weighted by Gasteiger charge is -2.33. The molecule has 0 spiro atoms. The van der Waals surface area contributed by atoms with Crippen LogP contribution in [0.5, 0.6) is 0 Å². The van der Waals surface area contributed by atoms with Crippen molar-refractivity contribution in [3.63, 3.8) is 0 Å². The van der Waals surface area contributed by atoms with Crippen molar-refractivity contribution in [3.05, 3.63) is 17.6 Å². The summed E-state index contributed by atoms with van der Waals surface area (Å²) >= 11 is 0. The number of amides is 1. The third-order valence-corrected chi connectivity index (χ3v) is 4.54. The number of ether oxygens (including phenoxy) is 1. The second-order valence-electron chi connectivity index (χ2n) is 6.31. The van der Waals surface area contributed by atoms with Gasteiger partial charge in [-0.2, -0.15) is 0 Å². The molecule has 3 heterocycles. The summed E-state index contributed by atoms with van der Waals surface area (Å²) in [7, 11) is 0. The van der Waals surface area contributed by atoms with Gasteiger partial charge in [-0.05, 0) is 44.9 Å². The molecule has 6 nitrogen and oxygen atoms in total. The zero-order valence-electron chi connectivity index (χ0n) is 13.1. The highest BCUT2D eigenvalue weighted by molar-refractivity contribution is 5.81. The van der Waals surface area contributed by atoms with Crippen molar-refractivity contribution in [2.24, 2.45) is 5.92 Å². The van der Waals surface area contributed by atoms with E-state index in [9.17, 15) is 4.79 Å². The van der Waals surface area contributed by atoms with Crippen LogP contribution >= 0.6 is 0 Å². The summed E-state index contributed by atoms with van der Waals surface area (Å²) in [6.45, 7) is 4.23. The van der Waals surface area contributed by atoms with Gasteiger partial charge in [0.2, 0.25) is 0 Å². The number of carbonyl (C=O) groups excluding carboxylic acids is 1. The lowest BCUT2D eigenvalue weighted by atomic mass is 9.91. The number of anilines is 1. The maximum Gasteiger partial charge on any atom is 0.251 e. The zero-order chi connectivity index (χ0) is 15.5. The Bertz CT molecular complexity index is 515. The van der Waals surface area contributed by atoms with Gasteiger partial charge in [-0.1, -0.05) is 0 Å². The average Bonchev–Trinajstić information content (AvgIpc) is 3.00. The standard InChI is InChI=1S/C16H24N4O2/c1-11-18-13(10-15(17)19-11)9-12-4-6-20(7-5-12)16(21)14-3-2-8-22-14/h10,12,14H,2-9H2,1H3,(H2,17,18,19)/t14-/m1/s1. The van der Waals surface area contributed by atoms with E-state index < -0.39 is 0 Å². The monoisotopic (exact) mass is 304 g/mol. The van der Waals surface area contributed by atoms with E-state index in [1.54, 1.807) is 0 Å². The molecule has 3 rings (SSSR count). The minimum absolute atomic E-state index is 0.179. The van der Waals surface area contributed by atoms with Gasteiger partial charge in [0.1, 0.15) is 17.7 Å². The van der Waals surface area contributed by atoms with Gasteiger partial charge in [0.05, 0.1) is 0 Å². The molecule has 2 fully saturated rings. The lowest BCUT2D eigenvalue weighted by molar-refractivity contribution is -0.142. The third kappa shape index (κ3) is 3.55. The molecular weight excluding hydrogens is 280 g/mol. The second-order valence-corrected chi connectivity index (χ2v) is 6.31. The van der Waals surface area contributed by atoms with Crippen molar-refractivity contribution in [2.45, 2.75) is 45.1 Å². The Morgan fingerprint density at radius 3 is 2.77 bits per heavy atom. The molecule has 1 aromatic heterocycles. The van der Waals surface area contributed by atoms with Crippen LogP contribution in [-0.2, 0) is 16.0 Å². The van der Waals surface area contributed by atoms with Gasteiger partial charge in [0.25, 0.3) is 5.91 Å². The molecule has 0 unspecified atom stereocenters. The van der Waals surface area contributed by atoms with Gasteiger partial charge in [0.15, 0.2) is 0 Å². The minimum Gasteiger partial charge on any atom is -0.384 e. The first-order valence-corrected chi connectivity index (χ1v) is 8.12. The van der Waals surface area contributed by atoms with Crippen molar-refractivity contribution in [1.82, 2.24) is 14.9 Å². The Hall–Kier alpha value is -1.69. The van der Waals surface area contributed by atoms with Gasteiger partial charge >= 0.3 is 0 Å². The molecule has 2 saturated heterocycles. The number of nitrogens with two attached hydrogens (primary N) is 1. The molecule has 0 radical (unpaired) electrons. The van der Waals surface area contributed by atoms with Crippen LogP contribution in [0.15, 0.2) is 6.07 Å². The predicted molar refractivity (Wildman–Crippen MR) is 83.2 cm³/mol. The number of hydrogen-bond acceptors (Lipinski definition) is 5. The van der Waals surface area contributed by atoms with E-state index in [4.69, 9.17) is 10.5 Å². The van der Waals surface area contributed by atoms with Gasteiger partial charge < -0.3 is 15.4 Å². The van der Waals surface area contributed by atoms with E-state index in [1.807, 2.05) is 17.9 Å². The van der Waals surface area contributed by atoms with E-state index >= 15 is 0 Å². The fourth-order valence-electron chi connectivity index (χ4n) is 3.39. The SMILES string of the molecule is Cc1nc(N)cc(CC2CCN(C(=O)[C@H]3CCCO3)CC2)n1. The molecule has 0 saturated carbocycles. The second kappa shape index (κ2) is 6.60. The highest BCUT2D eigenvalue weighted by atomic mass is 16.5. The first kappa shape index (κ1) is 15.2. The summed E-state index contributed by atoms with van der Waals surface area (Å²) in [5.74, 6) is 2.00. The van der Waals surface area contributed by atoms with Crippen LogP contribution in [0.1, 0.15) is 37.2 Å². The maximum absolute atomic E-state index is 12.3. The van der Waals surface area contributed by atoms with E-state index in [0.29, 0.717) is 11.7 Å². The van der Waals surface area contributed by atoms with Gasteiger partial charge in [-0.3, -0.25) is 4.79 Å². The molecule has 0 aromatic carbocycles. The Morgan fingerprint density at radius 2 is 2.14 bits per heavy atom.